The van der Waals surface area contributed by atoms with Crippen LogP contribution in [0.5, 0.6) is 5.75 Å². The van der Waals surface area contributed by atoms with Gasteiger partial charge in [-0.25, -0.2) is 8.42 Å². The van der Waals surface area contributed by atoms with Crippen molar-refractivity contribution in [2.45, 2.75) is 13.3 Å². The summed E-state index contributed by atoms with van der Waals surface area (Å²) in [5.41, 5.74) is 1.92. The van der Waals surface area contributed by atoms with Gasteiger partial charge in [0.05, 0.1) is 11.4 Å². The molecule has 4 nitrogen and oxygen atoms in total. The average molecular weight is 291 g/mol. The van der Waals surface area contributed by atoms with E-state index in [0.29, 0.717) is 17.7 Å². The van der Waals surface area contributed by atoms with Crippen LogP contribution in [0.4, 0.5) is 5.69 Å². The minimum Gasteiger partial charge on any atom is -0.508 e. The molecule has 5 heteroatoms. The van der Waals surface area contributed by atoms with Gasteiger partial charge in [0, 0.05) is 5.56 Å². The fourth-order valence-electron chi connectivity index (χ4n) is 1.85. The predicted molar refractivity (Wildman–Crippen MR) is 80.4 cm³/mol. The Kier molecular flexibility index (Phi) is 4.29. The van der Waals surface area contributed by atoms with Crippen LogP contribution in [0.2, 0.25) is 0 Å². The zero-order valence-electron chi connectivity index (χ0n) is 11.2. The maximum Gasteiger partial charge on any atom is 0.233 e. The van der Waals surface area contributed by atoms with Crippen LogP contribution in [0.1, 0.15) is 11.1 Å². The van der Waals surface area contributed by atoms with Crippen LogP contribution < -0.4 is 4.72 Å². The summed E-state index contributed by atoms with van der Waals surface area (Å²) in [5, 5.41) is 9.57. The van der Waals surface area contributed by atoms with Crippen LogP contribution in [0, 0.1) is 6.92 Å². The second-order valence-corrected chi connectivity index (χ2v) is 6.45. The van der Waals surface area contributed by atoms with Crippen LogP contribution in [0.15, 0.2) is 48.5 Å². The molecule has 0 saturated carbocycles. The van der Waals surface area contributed by atoms with Crippen molar-refractivity contribution in [1.82, 2.24) is 0 Å². The number of nitrogens with one attached hydrogen (secondary N) is 1. The number of phenolic OH excluding ortho intramolecular Hbond substituents is 1. The van der Waals surface area contributed by atoms with Gasteiger partial charge in [0.1, 0.15) is 5.75 Å². The number of aromatic hydroxyl groups is 1. The molecule has 20 heavy (non-hydrogen) atoms. The molecule has 106 valence electrons. The van der Waals surface area contributed by atoms with Crippen molar-refractivity contribution >= 4 is 15.7 Å². The van der Waals surface area contributed by atoms with E-state index >= 15 is 0 Å². The van der Waals surface area contributed by atoms with E-state index < -0.39 is 10.0 Å². The Morgan fingerprint density at radius 1 is 1.05 bits per heavy atom. The summed E-state index contributed by atoms with van der Waals surface area (Å²) in [4.78, 5) is 0. The fourth-order valence-corrected chi connectivity index (χ4v) is 3.01. The normalized spacial score (nSPS) is 11.2. The molecule has 0 fully saturated rings. The first-order chi connectivity index (χ1) is 9.48. The molecule has 0 aliphatic rings. The van der Waals surface area contributed by atoms with Gasteiger partial charge in [0.25, 0.3) is 0 Å². The molecule has 0 saturated heterocycles. The molecule has 2 N–H and O–H groups in total. The maximum atomic E-state index is 12.0. The number of benzene rings is 2. The van der Waals surface area contributed by atoms with Crippen LogP contribution in [0.25, 0.3) is 0 Å². The van der Waals surface area contributed by atoms with Crippen molar-refractivity contribution in [3.05, 3.63) is 59.7 Å². The Balaban J connectivity index is 2.06. The summed E-state index contributed by atoms with van der Waals surface area (Å²) in [6, 6.07) is 14.2. The second-order valence-electron chi connectivity index (χ2n) is 4.61. The lowest BCUT2D eigenvalue weighted by Crippen LogP contribution is -2.18. The summed E-state index contributed by atoms with van der Waals surface area (Å²) in [6.45, 7) is 1.67. The van der Waals surface area contributed by atoms with Gasteiger partial charge >= 0.3 is 0 Å². The number of hydrogen-bond donors (Lipinski definition) is 2. The van der Waals surface area contributed by atoms with E-state index in [4.69, 9.17) is 0 Å². The molecule has 0 aromatic heterocycles. The van der Waals surface area contributed by atoms with Gasteiger partial charge in [0.2, 0.25) is 10.0 Å². The van der Waals surface area contributed by atoms with Gasteiger partial charge in [-0.2, -0.15) is 0 Å². The minimum atomic E-state index is -3.43. The van der Waals surface area contributed by atoms with E-state index in [2.05, 4.69) is 4.72 Å². The van der Waals surface area contributed by atoms with Gasteiger partial charge in [0.15, 0.2) is 0 Å². The number of sulfonamides is 1. The SMILES string of the molecule is Cc1c(O)cccc1NS(=O)(=O)CCc1ccccc1. The van der Waals surface area contributed by atoms with Crippen LogP contribution in [0.3, 0.4) is 0 Å². The molecule has 2 aromatic carbocycles. The molecule has 0 radical (unpaired) electrons. The molecule has 0 atom stereocenters. The Morgan fingerprint density at radius 3 is 2.45 bits per heavy atom. The zero-order chi connectivity index (χ0) is 14.6. The summed E-state index contributed by atoms with van der Waals surface area (Å²) in [7, 11) is -3.43. The first-order valence-electron chi connectivity index (χ1n) is 6.31. The molecule has 2 rings (SSSR count). The number of hydrogen-bond acceptors (Lipinski definition) is 3. The van der Waals surface area contributed by atoms with E-state index in [1.807, 2.05) is 30.3 Å². The van der Waals surface area contributed by atoms with Gasteiger partial charge in [-0.3, -0.25) is 4.72 Å². The summed E-state index contributed by atoms with van der Waals surface area (Å²) in [6.07, 6.45) is 0.452. The van der Waals surface area contributed by atoms with Gasteiger partial charge < -0.3 is 5.11 Å². The molecule has 0 amide bonds. The van der Waals surface area contributed by atoms with Crippen LogP contribution >= 0.6 is 0 Å². The average Bonchev–Trinajstić information content (AvgIpc) is 2.43. The molecule has 0 heterocycles. The highest BCUT2D eigenvalue weighted by Gasteiger charge is 2.13. The largest absolute Gasteiger partial charge is 0.508 e. The highest BCUT2D eigenvalue weighted by Crippen LogP contribution is 2.24. The monoisotopic (exact) mass is 291 g/mol. The Labute approximate surface area is 119 Å². The van der Waals surface area contributed by atoms with Crippen molar-refractivity contribution in [3.8, 4) is 5.75 Å². The molecule has 2 aromatic rings. The molecular weight excluding hydrogens is 274 g/mol. The third-order valence-corrected chi connectivity index (χ3v) is 4.35. The maximum absolute atomic E-state index is 12.0. The number of anilines is 1. The van der Waals surface area contributed by atoms with E-state index in [9.17, 15) is 13.5 Å². The zero-order valence-corrected chi connectivity index (χ0v) is 12.0. The lowest BCUT2D eigenvalue weighted by molar-refractivity contribution is 0.471. The molecule has 0 bridgehead atoms. The van der Waals surface area contributed by atoms with Crippen molar-refractivity contribution in [3.63, 3.8) is 0 Å². The van der Waals surface area contributed by atoms with E-state index in [1.54, 1.807) is 19.1 Å². The Hall–Kier alpha value is -2.01. The van der Waals surface area contributed by atoms with Crippen LogP contribution in [-0.4, -0.2) is 19.3 Å². The molecule has 0 aliphatic carbocycles. The third kappa shape index (κ3) is 3.74. The smallest absolute Gasteiger partial charge is 0.233 e. The summed E-state index contributed by atoms with van der Waals surface area (Å²) >= 11 is 0. The van der Waals surface area contributed by atoms with Gasteiger partial charge in [-0.05, 0) is 31.0 Å². The Bertz CT molecular complexity index is 682. The summed E-state index contributed by atoms with van der Waals surface area (Å²) < 4.78 is 26.6. The highest BCUT2D eigenvalue weighted by atomic mass is 32.2. The lowest BCUT2D eigenvalue weighted by Gasteiger charge is -2.11. The van der Waals surface area contributed by atoms with Crippen molar-refractivity contribution in [1.29, 1.82) is 0 Å². The molecule has 0 spiro atoms. The van der Waals surface area contributed by atoms with Crippen molar-refractivity contribution in [2.24, 2.45) is 0 Å². The number of aryl methyl sites for hydroxylation is 1. The first-order valence-corrected chi connectivity index (χ1v) is 7.96. The Morgan fingerprint density at radius 2 is 1.75 bits per heavy atom. The first kappa shape index (κ1) is 14.4. The quantitative estimate of drug-likeness (QED) is 0.890. The standard InChI is InChI=1S/C15H17NO3S/c1-12-14(8-5-9-15(12)17)16-20(18,19)11-10-13-6-3-2-4-7-13/h2-9,16-17H,10-11H2,1H3. The summed E-state index contributed by atoms with van der Waals surface area (Å²) in [5.74, 6) is 0.0832. The van der Waals surface area contributed by atoms with Crippen LogP contribution in [-0.2, 0) is 16.4 Å². The lowest BCUT2D eigenvalue weighted by atomic mass is 10.2. The van der Waals surface area contributed by atoms with Gasteiger partial charge in [-0.1, -0.05) is 36.4 Å². The fraction of sp³-hybridized carbons (Fsp3) is 0.200. The van der Waals surface area contributed by atoms with E-state index in [-0.39, 0.29) is 11.5 Å². The second kappa shape index (κ2) is 5.96. The number of rotatable bonds is 5. The minimum absolute atomic E-state index is 0.00606. The van der Waals surface area contributed by atoms with Crippen molar-refractivity contribution < 1.29 is 13.5 Å². The highest BCUT2D eigenvalue weighted by molar-refractivity contribution is 7.92. The third-order valence-electron chi connectivity index (χ3n) is 3.07. The topological polar surface area (TPSA) is 66.4 Å². The molecular formula is C15H17NO3S. The number of phenols is 1. The van der Waals surface area contributed by atoms with E-state index in [0.717, 1.165) is 5.56 Å². The molecule has 0 aliphatic heterocycles. The predicted octanol–water partition coefficient (Wildman–Crippen LogP) is 2.69. The van der Waals surface area contributed by atoms with Crippen molar-refractivity contribution in [2.75, 3.05) is 10.5 Å². The molecule has 0 unspecified atom stereocenters. The van der Waals surface area contributed by atoms with E-state index in [1.165, 1.54) is 6.07 Å². The van der Waals surface area contributed by atoms with Gasteiger partial charge in [-0.15, -0.1) is 0 Å².